The van der Waals surface area contributed by atoms with Gasteiger partial charge in [0.2, 0.25) is 0 Å². The van der Waals surface area contributed by atoms with Gasteiger partial charge in [0.05, 0.1) is 34.4 Å². The SMILES string of the molecule is C#C/C(O)=C(\C(O)=C(\O)CN(c1ccc(-c2cccc(-c3ccccc3-n3c4ccccc4c4ccccc43)c2)cc1)C1C(O)=C(O)C(c2ccccc2)=C1O)c1ccccc1. The molecule has 0 saturated heterocycles. The first-order valence-corrected chi connectivity index (χ1v) is 20.0. The second-order valence-electron chi connectivity index (χ2n) is 14.9. The molecule has 1 aromatic heterocycles. The third-order valence-electron chi connectivity index (χ3n) is 11.3. The number of para-hydroxylation sites is 3. The van der Waals surface area contributed by atoms with Crippen LogP contribution >= 0.6 is 0 Å². The number of aliphatic hydroxyl groups excluding tert-OH is 6. The van der Waals surface area contributed by atoms with Gasteiger partial charge in [0.1, 0.15) is 11.8 Å². The van der Waals surface area contributed by atoms with Crippen molar-refractivity contribution in [1.82, 2.24) is 4.57 Å². The summed E-state index contributed by atoms with van der Waals surface area (Å²) in [4.78, 5) is 1.44. The Morgan fingerprint density at radius 2 is 1.13 bits per heavy atom. The van der Waals surface area contributed by atoms with Crippen molar-refractivity contribution < 1.29 is 30.6 Å². The number of nitrogens with zero attached hydrogens (tertiary/aromatic N) is 2. The molecule has 1 aliphatic rings. The first-order chi connectivity index (χ1) is 30.2. The average molecular weight is 813 g/mol. The van der Waals surface area contributed by atoms with E-state index in [0.29, 0.717) is 16.8 Å². The van der Waals surface area contributed by atoms with Crippen LogP contribution in [0.2, 0.25) is 0 Å². The van der Waals surface area contributed by atoms with Crippen LogP contribution in [0.3, 0.4) is 0 Å². The second kappa shape index (κ2) is 16.3. The van der Waals surface area contributed by atoms with E-state index in [2.05, 4.69) is 83.3 Å². The van der Waals surface area contributed by atoms with Crippen LogP contribution in [0.4, 0.5) is 5.69 Å². The lowest BCUT2D eigenvalue weighted by atomic mass is 9.97. The summed E-state index contributed by atoms with van der Waals surface area (Å²) < 4.78 is 2.31. The summed E-state index contributed by atoms with van der Waals surface area (Å²) in [7, 11) is 0. The van der Waals surface area contributed by atoms with E-state index in [1.54, 1.807) is 72.8 Å². The largest absolute Gasteiger partial charge is 0.509 e. The van der Waals surface area contributed by atoms with Crippen molar-refractivity contribution in [3.63, 3.8) is 0 Å². The smallest absolute Gasteiger partial charge is 0.178 e. The number of hydrogen-bond donors (Lipinski definition) is 6. The zero-order chi connectivity index (χ0) is 42.9. The van der Waals surface area contributed by atoms with Crippen LogP contribution in [-0.4, -0.2) is 47.8 Å². The molecule has 0 amide bonds. The van der Waals surface area contributed by atoms with Crippen LogP contribution in [0.25, 0.3) is 60.9 Å². The third kappa shape index (κ3) is 6.83. The van der Waals surface area contributed by atoms with Gasteiger partial charge < -0.3 is 40.1 Å². The van der Waals surface area contributed by atoms with E-state index in [4.69, 9.17) is 6.42 Å². The number of aliphatic hydroxyl groups is 6. The fourth-order valence-corrected chi connectivity index (χ4v) is 8.41. The molecule has 0 bridgehead atoms. The van der Waals surface area contributed by atoms with Gasteiger partial charge in [-0.1, -0.05) is 146 Å². The van der Waals surface area contributed by atoms with Gasteiger partial charge in [-0.05, 0) is 70.1 Å². The van der Waals surface area contributed by atoms with Crippen molar-refractivity contribution in [2.24, 2.45) is 0 Å². The van der Waals surface area contributed by atoms with Crippen LogP contribution in [-0.2, 0) is 0 Å². The molecule has 0 radical (unpaired) electrons. The molecule has 6 N–H and O–H groups in total. The molecule has 1 unspecified atom stereocenters. The Morgan fingerprint density at radius 1 is 0.565 bits per heavy atom. The molecule has 7 aromatic carbocycles. The predicted molar refractivity (Wildman–Crippen MR) is 248 cm³/mol. The highest BCUT2D eigenvalue weighted by Gasteiger charge is 2.40. The number of terminal acetylenes is 1. The zero-order valence-electron chi connectivity index (χ0n) is 33.3. The molecule has 0 aliphatic heterocycles. The van der Waals surface area contributed by atoms with Crippen LogP contribution in [0.5, 0.6) is 0 Å². The predicted octanol–water partition coefficient (Wildman–Crippen LogP) is 12.5. The highest BCUT2D eigenvalue weighted by atomic mass is 16.3. The molecule has 8 aromatic rings. The van der Waals surface area contributed by atoms with Crippen molar-refractivity contribution in [2.45, 2.75) is 6.04 Å². The Hall–Kier alpha value is -8.54. The van der Waals surface area contributed by atoms with E-state index < -0.39 is 41.4 Å². The van der Waals surface area contributed by atoms with E-state index in [0.717, 1.165) is 39.0 Å². The number of hydrogen-bond acceptors (Lipinski definition) is 7. The number of allylic oxidation sites excluding steroid dienone is 3. The first-order valence-electron chi connectivity index (χ1n) is 20.0. The van der Waals surface area contributed by atoms with Gasteiger partial charge in [-0.15, -0.1) is 6.42 Å². The Labute approximate surface area is 358 Å². The van der Waals surface area contributed by atoms with Crippen LogP contribution in [0, 0.1) is 12.3 Å². The van der Waals surface area contributed by atoms with Crippen molar-refractivity contribution in [1.29, 1.82) is 0 Å². The summed E-state index contributed by atoms with van der Waals surface area (Å²) in [5.74, 6) is -1.26. The molecule has 0 spiro atoms. The summed E-state index contributed by atoms with van der Waals surface area (Å²) in [6.07, 6.45) is 5.55. The third-order valence-corrected chi connectivity index (χ3v) is 11.3. The molecule has 62 heavy (non-hydrogen) atoms. The summed E-state index contributed by atoms with van der Waals surface area (Å²) in [5, 5.41) is 70.6. The Bertz CT molecular complexity index is 3120. The summed E-state index contributed by atoms with van der Waals surface area (Å²) in [6, 6.07) is 56.4. The highest BCUT2D eigenvalue weighted by molar-refractivity contribution is 6.09. The topological polar surface area (TPSA) is 130 Å². The number of aromatic nitrogens is 1. The quantitative estimate of drug-likeness (QED) is 0.0461. The van der Waals surface area contributed by atoms with E-state index in [-0.39, 0.29) is 16.9 Å². The standard InChI is InChI=1S/C54H40N2O6/c1-2-46(57)48(35-16-5-3-6-17-35)51(59)47(58)33-55(50-52(60)49(53(61)54(50)62)36-18-7-4-8-19-36)39-30-28-34(29-31-39)37-20-15-21-38(32-37)40-22-9-12-25-43(40)56-44-26-13-10-23-41(44)42-24-11-14-27-45(42)56/h1,3-32,50,57-62H,33H2/b48-46+,51-47-. The van der Waals surface area contributed by atoms with Gasteiger partial charge >= 0.3 is 0 Å². The molecular weight excluding hydrogens is 773 g/mol. The Morgan fingerprint density at radius 3 is 1.79 bits per heavy atom. The summed E-state index contributed by atoms with van der Waals surface area (Å²) in [6.45, 7) is -0.497. The van der Waals surface area contributed by atoms with E-state index in [9.17, 15) is 30.6 Å². The zero-order valence-corrected chi connectivity index (χ0v) is 33.3. The van der Waals surface area contributed by atoms with E-state index in [1.807, 2.05) is 36.4 Å². The fourth-order valence-electron chi connectivity index (χ4n) is 8.41. The number of fused-ring (bicyclic) bond motifs is 3. The number of anilines is 1. The van der Waals surface area contributed by atoms with Gasteiger partial charge in [0.25, 0.3) is 0 Å². The maximum atomic E-state index is 11.8. The number of rotatable bonds is 10. The maximum absolute atomic E-state index is 11.8. The van der Waals surface area contributed by atoms with Gasteiger partial charge in [0, 0.05) is 22.0 Å². The Balaban J connectivity index is 1.12. The highest BCUT2D eigenvalue weighted by Crippen LogP contribution is 2.41. The van der Waals surface area contributed by atoms with E-state index in [1.165, 1.54) is 15.7 Å². The van der Waals surface area contributed by atoms with Gasteiger partial charge in [0.15, 0.2) is 28.8 Å². The molecule has 8 heteroatoms. The number of benzene rings is 7. The van der Waals surface area contributed by atoms with Gasteiger partial charge in [-0.25, -0.2) is 0 Å². The summed E-state index contributed by atoms with van der Waals surface area (Å²) in [5.41, 5.74) is 8.17. The minimum absolute atomic E-state index is 0.0234. The molecule has 1 heterocycles. The molecule has 0 fully saturated rings. The van der Waals surface area contributed by atoms with Crippen LogP contribution in [0.1, 0.15) is 11.1 Å². The van der Waals surface area contributed by atoms with Gasteiger partial charge in [-0.3, -0.25) is 0 Å². The summed E-state index contributed by atoms with van der Waals surface area (Å²) >= 11 is 0. The lowest BCUT2D eigenvalue weighted by Gasteiger charge is -2.31. The monoisotopic (exact) mass is 812 g/mol. The molecular formula is C54H40N2O6. The van der Waals surface area contributed by atoms with Crippen molar-refractivity contribution in [3.8, 4) is 40.3 Å². The molecule has 302 valence electrons. The van der Waals surface area contributed by atoms with Crippen molar-refractivity contribution in [2.75, 3.05) is 11.4 Å². The minimum atomic E-state index is -1.38. The Kier molecular flexibility index (Phi) is 10.2. The van der Waals surface area contributed by atoms with Crippen LogP contribution < -0.4 is 4.90 Å². The second-order valence-corrected chi connectivity index (χ2v) is 14.9. The fraction of sp³-hybridized carbons (Fsp3) is 0.0370. The average Bonchev–Trinajstić information content (AvgIpc) is 3.77. The minimum Gasteiger partial charge on any atom is -0.509 e. The molecule has 8 nitrogen and oxygen atoms in total. The molecule has 0 saturated carbocycles. The molecule has 1 aliphatic carbocycles. The lowest BCUT2D eigenvalue weighted by Crippen LogP contribution is -2.39. The van der Waals surface area contributed by atoms with Crippen molar-refractivity contribution >= 4 is 38.6 Å². The normalized spacial score (nSPS) is 14.8. The van der Waals surface area contributed by atoms with Gasteiger partial charge in [-0.2, -0.15) is 0 Å². The van der Waals surface area contributed by atoms with E-state index >= 15 is 0 Å². The first kappa shape index (κ1) is 38.9. The lowest BCUT2D eigenvalue weighted by molar-refractivity contribution is 0.290. The van der Waals surface area contributed by atoms with Crippen LogP contribution in [0.15, 0.2) is 217 Å². The molecule has 9 rings (SSSR count). The van der Waals surface area contributed by atoms with Crippen molar-refractivity contribution in [3.05, 3.63) is 228 Å². The molecule has 1 atom stereocenters. The maximum Gasteiger partial charge on any atom is 0.178 e.